The second-order valence-electron chi connectivity index (χ2n) is 7.41. The summed E-state index contributed by atoms with van der Waals surface area (Å²) in [5, 5.41) is 0. The fourth-order valence-corrected chi connectivity index (χ4v) is 3.32. The first-order chi connectivity index (χ1) is 9.39. The number of ether oxygens (including phenoxy) is 1. The summed E-state index contributed by atoms with van der Waals surface area (Å²) in [5.74, 6) is 0.905. The molecule has 118 valence electrons. The van der Waals surface area contributed by atoms with E-state index in [0.29, 0.717) is 23.5 Å². The second-order valence-corrected chi connectivity index (χ2v) is 7.41. The number of hydrogen-bond donors (Lipinski definition) is 0. The van der Waals surface area contributed by atoms with Crippen molar-refractivity contribution in [1.29, 1.82) is 0 Å². The molecule has 0 saturated heterocycles. The van der Waals surface area contributed by atoms with Crippen molar-refractivity contribution in [2.24, 2.45) is 11.3 Å². The van der Waals surface area contributed by atoms with Crippen LogP contribution in [0.1, 0.15) is 85.5 Å². The van der Waals surface area contributed by atoms with E-state index in [2.05, 4.69) is 27.7 Å². The lowest BCUT2D eigenvalue weighted by Crippen LogP contribution is -2.46. The highest BCUT2D eigenvalue weighted by Gasteiger charge is 2.43. The molecule has 0 aromatic rings. The topological polar surface area (TPSA) is 26.3 Å². The maximum absolute atomic E-state index is 12.8. The average molecular weight is 282 g/mol. The number of Topliss-reactive ketones (excluding diaryl/α,β-unsaturated/α-hetero) is 1. The van der Waals surface area contributed by atoms with Gasteiger partial charge in [0.15, 0.2) is 5.78 Å². The van der Waals surface area contributed by atoms with E-state index >= 15 is 0 Å². The Balaban J connectivity index is 2.62. The first-order valence-electron chi connectivity index (χ1n) is 8.47. The van der Waals surface area contributed by atoms with Gasteiger partial charge in [0.1, 0.15) is 5.60 Å². The van der Waals surface area contributed by atoms with Crippen LogP contribution in [-0.4, -0.2) is 18.5 Å². The molecule has 0 aliphatic heterocycles. The predicted molar refractivity (Wildman–Crippen MR) is 84.9 cm³/mol. The van der Waals surface area contributed by atoms with E-state index in [4.69, 9.17) is 4.74 Å². The summed E-state index contributed by atoms with van der Waals surface area (Å²) in [5.41, 5.74) is -0.107. The van der Waals surface area contributed by atoms with Crippen molar-refractivity contribution in [3.8, 4) is 0 Å². The lowest BCUT2D eigenvalue weighted by Gasteiger charge is -2.42. The van der Waals surface area contributed by atoms with Gasteiger partial charge in [-0.15, -0.1) is 0 Å². The number of unbranched alkanes of at least 4 members (excludes halogenated alkanes) is 1. The lowest BCUT2D eigenvalue weighted by molar-refractivity contribution is -0.149. The highest BCUT2D eigenvalue weighted by molar-refractivity contribution is 5.87. The first-order valence-corrected chi connectivity index (χ1v) is 8.47. The molecule has 0 N–H and O–H groups in total. The molecule has 20 heavy (non-hydrogen) atoms. The molecule has 0 heterocycles. The highest BCUT2D eigenvalue weighted by Crippen LogP contribution is 2.43. The van der Waals surface area contributed by atoms with E-state index in [0.717, 1.165) is 32.1 Å². The van der Waals surface area contributed by atoms with Crippen molar-refractivity contribution in [3.63, 3.8) is 0 Å². The third-order valence-electron chi connectivity index (χ3n) is 5.33. The van der Waals surface area contributed by atoms with Crippen LogP contribution >= 0.6 is 0 Å². The molecule has 1 unspecified atom stereocenters. The van der Waals surface area contributed by atoms with Crippen LogP contribution in [0.25, 0.3) is 0 Å². The summed E-state index contributed by atoms with van der Waals surface area (Å²) in [4.78, 5) is 12.8. The van der Waals surface area contributed by atoms with Crippen molar-refractivity contribution in [2.45, 2.75) is 91.1 Å². The van der Waals surface area contributed by atoms with Gasteiger partial charge in [-0.25, -0.2) is 0 Å². The molecule has 1 saturated carbocycles. The van der Waals surface area contributed by atoms with E-state index < -0.39 is 5.60 Å². The van der Waals surface area contributed by atoms with Gasteiger partial charge in [0.2, 0.25) is 0 Å². The van der Waals surface area contributed by atoms with Crippen LogP contribution in [0.3, 0.4) is 0 Å². The van der Waals surface area contributed by atoms with Crippen LogP contribution in [0.15, 0.2) is 0 Å². The van der Waals surface area contributed by atoms with Crippen LogP contribution in [0.5, 0.6) is 0 Å². The van der Waals surface area contributed by atoms with E-state index in [1.54, 1.807) is 7.11 Å². The Morgan fingerprint density at radius 1 is 1.15 bits per heavy atom. The Hall–Kier alpha value is -0.370. The molecule has 0 amide bonds. The fraction of sp³-hybridized carbons (Fsp3) is 0.944. The third-order valence-corrected chi connectivity index (χ3v) is 5.33. The molecule has 1 aliphatic rings. The smallest absolute Gasteiger partial charge is 0.164 e. The van der Waals surface area contributed by atoms with Crippen LogP contribution < -0.4 is 0 Å². The molecule has 1 atom stereocenters. The van der Waals surface area contributed by atoms with Crippen LogP contribution in [-0.2, 0) is 9.53 Å². The normalized spacial score (nSPS) is 22.4. The van der Waals surface area contributed by atoms with Gasteiger partial charge in [0.25, 0.3) is 0 Å². The van der Waals surface area contributed by atoms with Crippen molar-refractivity contribution in [3.05, 3.63) is 0 Å². The minimum Gasteiger partial charge on any atom is -0.370 e. The molecule has 0 aromatic heterocycles. The zero-order valence-corrected chi connectivity index (χ0v) is 14.3. The second kappa shape index (κ2) is 7.59. The van der Waals surface area contributed by atoms with Crippen LogP contribution in [0.4, 0.5) is 0 Å². The number of carbonyl (C=O) groups is 1. The molecule has 1 fully saturated rings. The molecule has 0 spiro atoms. The molecule has 2 heteroatoms. The maximum Gasteiger partial charge on any atom is 0.164 e. The highest BCUT2D eigenvalue weighted by atomic mass is 16.5. The quantitative estimate of drug-likeness (QED) is 0.615. The molecular formula is C18H34O2. The first kappa shape index (κ1) is 17.7. The molecule has 0 bridgehead atoms. The Kier molecular flexibility index (Phi) is 6.71. The Morgan fingerprint density at radius 2 is 1.75 bits per heavy atom. The number of hydrogen-bond acceptors (Lipinski definition) is 2. The average Bonchev–Trinajstić information content (AvgIpc) is 2.43. The van der Waals surface area contributed by atoms with Gasteiger partial charge in [-0.3, -0.25) is 4.79 Å². The van der Waals surface area contributed by atoms with Crippen LogP contribution in [0, 0.1) is 11.3 Å². The van der Waals surface area contributed by atoms with Crippen molar-refractivity contribution >= 4 is 5.78 Å². The van der Waals surface area contributed by atoms with Crippen molar-refractivity contribution in [2.75, 3.05) is 7.11 Å². The minimum atomic E-state index is -0.477. The molecular weight excluding hydrogens is 248 g/mol. The predicted octanol–water partition coefficient (Wildman–Crippen LogP) is 5.15. The van der Waals surface area contributed by atoms with Gasteiger partial charge in [-0.1, -0.05) is 53.4 Å². The van der Waals surface area contributed by atoms with Gasteiger partial charge in [0.05, 0.1) is 0 Å². The largest absolute Gasteiger partial charge is 0.370 e. The van der Waals surface area contributed by atoms with Gasteiger partial charge in [0, 0.05) is 13.5 Å². The van der Waals surface area contributed by atoms with Gasteiger partial charge in [-0.2, -0.15) is 0 Å². The summed E-state index contributed by atoms with van der Waals surface area (Å²) in [6, 6.07) is 0. The van der Waals surface area contributed by atoms with Gasteiger partial charge >= 0.3 is 0 Å². The number of carbonyl (C=O) groups excluding carboxylic acids is 1. The van der Waals surface area contributed by atoms with Gasteiger partial charge in [-0.05, 0) is 37.0 Å². The van der Waals surface area contributed by atoms with Crippen molar-refractivity contribution < 1.29 is 9.53 Å². The third kappa shape index (κ3) is 4.58. The van der Waals surface area contributed by atoms with Crippen molar-refractivity contribution in [1.82, 2.24) is 0 Å². The molecule has 2 nitrogen and oxygen atoms in total. The molecule has 1 rings (SSSR count). The summed E-state index contributed by atoms with van der Waals surface area (Å²) < 4.78 is 5.73. The lowest BCUT2D eigenvalue weighted by atomic mass is 9.68. The Bertz CT molecular complexity index is 297. The Labute approximate surface area is 125 Å². The molecule has 0 aromatic carbocycles. The Morgan fingerprint density at radius 3 is 2.20 bits per heavy atom. The number of rotatable bonds is 8. The minimum absolute atomic E-state index is 0.360. The van der Waals surface area contributed by atoms with E-state index in [9.17, 15) is 4.79 Å². The van der Waals surface area contributed by atoms with E-state index in [1.807, 2.05) is 0 Å². The summed E-state index contributed by atoms with van der Waals surface area (Å²) in [7, 11) is 1.73. The number of ketones is 1. The zero-order chi connectivity index (χ0) is 15.2. The van der Waals surface area contributed by atoms with E-state index in [-0.39, 0.29) is 0 Å². The molecule has 0 radical (unpaired) electrons. The maximum atomic E-state index is 12.8. The summed E-state index contributed by atoms with van der Waals surface area (Å²) in [6.07, 6.45) is 9.45. The summed E-state index contributed by atoms with van der Waals surface area (Å²) >= 11 is 0. The van der Waals surface area contributed by atoms with Gasteiger partial charge < -0.3 is 4.74 Å². The van der Waals surface area contributed by atoms with Crippen LogP contribution in [0.2, 0.25) is 0 Å². The molecule has 1 aliphatic carbocycles. The van der Waals surface area contributed by atoms with E-state index in [1.165, 1.54) is 19.3 Å². The zero-order valence-electron chi connectivity index (χ0n) is 14.3. The summed E-state index contributed by atoms with van der Waals surface area (Å²) in [6.45, 7) is 9.02. The SMILES string of the molecule is CCCCC(CC)CC(=O)C1(OC)CCC(C)(C)CC1. The fourth-order valence-electron chi connectivity index (χ4n) is 3.32. The number of methoxy groups -OCH3 is 1. The monoisotopic (exact) mass is 282 g/mol. The standard InChI is InChI=1S/C18H34O2/c1-6-8-9-15(7-2)14-16(19)18(20-5)12-10-17(3,4)11-13-18/h15H,6-14H2,1-5H3.